The lowest BCUT2D eigenvalue weighted by Gasteiger charge is -2.02. The number of aromatic nitrogens is 1. The van der Waals surface area contributed by atoms with Gasteiger partial charge < -0.3 is 10.3 Å². The van der Waals surface area contributed by atoms with Crippen LogP contribution < -0.4 is 5.32 Å². The maximum atomic E-state index is 11.5. The highest BCUT2D eigenvalue weighted by atomic mass is 16.1. The van der Waals surface area contributed by atoms with E-state index in [-0.39, 0.29) is 5.91 Å². The Bertz CT molecular complexity index is 595. The summed E-state index contributed by atoms with van der Waals surface area (Å²) in [6, 6.07) is 10.2. The lowest BCUT2D eigenvalue weighted by molar-refractivity contribution is -0.121. The first kappa shape index (κ1) is 13.2. The Morgan fingerprint density at radius 1 is 1.37 bits per heavy atom. The molecule has 0 atom stereocenters. The Morgan fingerprint density at radius 2 is 2.21 bits per heavy atom. The molecule has 0 radical (unpaired) electrons. The first-order valence-corrected chi connectivity index (χ1v) is 6.50. The molecule has 1 amide bonds. The quantitative estimate of drug-likeness (QED) is 0.779. The standard InChI is InChI=1S/C15H17N3O/c16-9-4-10-17-15(19)8-3-5-12-11-18-14-7-2-1-6-13(12)14/h1-2,6-7,11,18H,3-5,8,10H2,(H,17,19). The van der Waals surface area contributed by atoms with Gasteiger partial charge in [-0.25, -0.2) is 0 Å². The molecule has 0 spiro atoms. The molecule has 0 saturated carbocycles. The summed E-state index contributed by atoms with van der Waals surface area (Å²) in [5.41, 5.74) is 2.39. The van der Waals surface area contributed by atoms with E-state index in [1.807, 2.05) is 30.5 Å². The number of rotatable bonds is 6. The van der Waals surface area contributed by atoms with Gasteiger partial charge in [0.15, 0.2) is 0 Å². The van der Waals surface area contributed by atoms with E-state index in [0.29, 0.717) is 19.4 Å². The Hall–Kier alpha value is -2.28. The Labute approximate surface area is 112 Å². The number of hydrogen-bond acceptors (Lipinski definition) is 2. The molecular weight excluding hydrogens is 238 g/mol. The number of carbonyl (C=O) groups is 1. The summed E-state index contributed by atoms with van der Waals surface area (Å²) in [5.74, 6) is 0.0232. The van der Waals surface area contributed by atoms with Crippen LogP contribution in [0.3, 0.4) is 0 Å². The average molecular weight is 255 g/mol. The van der Waals surface area contributed by atoms with Gasteiger partial charge in [0.05, 0.1) is 12.5 Å². The third-order valence-electron chi connectivity index (χ3n) is 3.08. The van der Waals surface area contributed by atoms with Crippen molar-refractivity contribution in [1.82, 2.24) is 10.3 Å². The number of fused-ring (bicyclic) bond motifs is 1. The molecule has 4 heteroatoms. The number of H-pyrrole nitrogens is 1. The zero-order valence-electron chi connectivity index (χ0n) is 10.8. The number of nitriles is 1. The van der Waals surface area contributed by atoms with Gasteiger partial charge in [0.2, 0.25) is 5.91 Å². The number of carbonyl (C=O) groups excluding carboxylic acids is 1. The molecule has 2 N–H and O–H groups in total. The number of hydrogen-bond donors (Lipinski definition) is 2. The molecule has 0 fully saturated rings. The molecular formula is C15H17N3O. The zero-order chi connectivity index (χ0) is 13.5. The van der Waals surface area contributed by atoms with E-state index in [1.54, 1.807) is 0 Å². The lowest BCUT2D eigenvalue weighted by Crippen LogP contribution is -2.23. The topological polar surface area (TPSA) is 68.7 Å². The van der Waals surface area contributed by atoms with E-state index in [9.17, 15) is 4.79 Å². The summed E-state index contributed by atoms with van der Waals surface area (Å²) in [6.07, 6.45) is 4.59. The highest BCUT2D eigenvalue weighted by Gasteiger charge is 2.04. The molecule has 0 unspecified atom stereocenters. The van der Waals surface area contributed by atoms with E-state index in [1.165, 1.54) is 10.9 Å². The van der Waals surface area contributed by atoms with Crippen molar-refractivity contribution in [2.45, 2.75) is 25.7 Å². The van der Waals surface area contributed by atoms with E-state index < -0.39 is 0 Å². The first-order chi connectivity index (χ1) is 9.31. The van der Waals surface area contributed by atoms with Crippen LogP contribution in [0.4, 0.5) is 0 Å². The number of para-hydroxylation sites is 1. The molecule has 0 saturated heterocycles. The fourth-order valence-electron chi connectivity index (χ4n) is 2.12. The molecule has 98 valence electrons. The molecule has 2 rings (SSSR count). The minimum atomic E-state index is 0.0232. The monoisotopic (exact) mass is 255 g/mol. The van der Waals surface area contributed by atoms with Crippen LogP contribution in [0.5, 0.6) is 0 Å². The van der Waals surface area contributed by atoms with Crippen LogP contribution in [-0.2, 0) is 11.2 Å². The van der Waals surface area contributed by atoms with Crippen molar-refractivity contribution < 1.29 is 4.79 Å². The summed E-state index contributed by atoms with van der Waals surface area (Å²) in [7, 11) is 0. The molecule has 0 aliphatic carbocycles. The third-order valence-corrected chi connectivity index (χ3v) is 3.08. The minimum Gasteiger partial charge on any atom is -0.361 e. The van der Waals surface area contributed by atoms with Crippen molar-refractivity contribution in [3.8, 4) is 6.07 Å². The molecule has 1 heterocycles. The maximum Gasteiger partial charge on any atom is 0.220 e. The number of aryl methyl sites for hydroxylation is 1. The van der Waals surface area contributed by atoms with Gasteiger partial charge in [-0.2, -0.15) is 5.26 Å². The largest absolute Gasteiger partial charge is 0.361 e. The van der Waals surface area contributed by atoms with E-state index >= 15 is 0 Å². The normalized spacial score (nSPS) is 10.3. The van der Waals surface area contributed by atoms with Gasteiger partial charge in [-0.15, -0.1) is 0 Å². The molecule has 1 aromatic heterocycles. The van der Waals surface area contributed by atoms with Crippen LogP contribution in [0, 0.1) is 11.3 Å². The maximum absolute atomic E-state index is 11.5. The zero-order valence-corrected chi connectivity index (χ0v) is 10.8. The minimum absolute atomic E-state index is 0.0232. The number of aromatic amines is 1. The number of benzene rings is 1. The second-order valence-corrected chi connectivity index (χ2v) is 4.47. The van der Waals surface area contributed by atoms with Crippen molar-refractivity contribution in [2.24, 2.45) is 0 Å². The van der Waals surface area contributed by atoms with Gasteiger partial charge in [-0.3, -0.25) is 4.79 Å². The van der Waals surface area contributed by atoms with Crippen molar-refractivity contribution in [2.75, 3.05) is 6.54 Å². The van der Waals surface area contributed by atoms with Crippen molar-refractivity contribution in [1.29, 1.82) is 5.26 Å². The van der Waals surface area contributed by atoms with E-state index in [4.69, 9.17) is 5.26 Å². The van der Waals surface area contributed by atoms with Gasteiger partial charge >= 0.3 is 0 Å². The van der Waals surface area contributed by atoms with Crippen LogP contribution >= 0.6 is 0 Å². The molecule has 0 aliphatic rings. The summed E-state index contributed by atoms with van der Waals surface area (Å²) < 4.78 is 0. The summed E-state index contributed by atoms with van der Waals surface area (Å²) in [6.45, 7) is 0.447. The van der Waals surface area contributed by atoms with E-state index in [2.05, 4.69) is 16.4 Å². The fraction of sp³-hybridized carbons (Fsp3) is 0.333. The van der Waals surface area contributed by atoms with Gasteiger partial charge in [0.25, 0.3) is 0 Å². The average Bonchev–Trinajstić information content (AvgIpc) is 2.83. The van der Waals surface area contributed by atoms with Gasteiger partial charge in [0, 0.05) is 30.1 Å². The number of amides is 1. The predicted octanol–water partition coefficient (Wildman–Crippen LogP) is 2.52. The highest BCUT2D eigenvalue weighted by Crippen LogP contribution is 2.19. The van der Waals surface area contributed by atoms with Gasteiger partial charge in [-0.05, 0) is 24.5 Å². The highest BCUT2D eigenvalue weighted by molar-refractivity contribution is 5.83. The summed E-state index contributed by atoms with van der Waals surface area (Å²) in [5, 5.41) is 12.3. The van der Waals surface area contributed by atoms with Crippen LogP contribution in [0.25, 0.3) is 10.9 Å². The van der Waals surface area contributed by atoms with Crippen LogP contribution in [0.15, 0.2) is 30.5 Å². The smallest absolute Gasteiger partial charge is 0.220 e. The molecule has 0 aliphatic heterocycles. The number of nitrogens with zero attached hydrogens (tertiary/aromatic N) is 1. The lowest BCUT2D eigenvalue weighted by atomic mass is 10.1. The third kappa shape index (κ3) is 3.59. The van der Waals surface area contributed by atoms with Gasteiger partial charge in [-0.1, -0.05) is 18.2 Å². The number of nitrogens with one attached hydrogen (secondary N) is 2. The van der Waals surface area contributed by atoms with E-state index in [0.717, 1.165) is 18.4 Å². The van der Waals surface area contributed by atoms with Crippen molar-refractivity contribution >= 4 is 16.8 Å². The Kier molecular flexibility index (Phi) is 4.57. The predicted molar refractivity (Wildman–Crippen MR) is 74.5 cm³/mol. The van der Waals surface area contributed by atoms with Crippen molar-refractivity contribution in [3.05, 3.63) is 36.0 Å². The molecule has 1 aromatic carbocycles. The fourth-order valence-corrected chi connectivity index (χ4v) is 2.12. The summed E-state index contributed by atoms with van der Waals surface area (Å²) >= 11 is 0. The Morgan fingerprint density at radius 3 is 3.05 bits per heavy atom. The van der Waals surface area contributed by atoms with Gasteiger partial charge in [0.1, 0.15) is 0 Å². The first-order valence-electron chi connectivity index (χ1n) is 6.50. The molecule has 0 bridgehead atoms. The SMILES string of the molecule is N#CCCNC(=O)CCCc1c[nH]c2ccccc12. The van der Waals surface area contributed by atoms with Crippen LogP contribution in [0.1, 0.15) is 24.8 Å². The van der Waals surface area contributed by atoms with Crippen molar-refractivity contribution in [3.63, 3.8) is 0 Å². The second-order valence-electron chi connectivity index (χ2n) is 4.47. The molecule has 4 nitrogen and oxygen atoms in total. The Balaban J connectivity index is 1.80. The molecule has 2 aromatic rings. The van der Waals surface area contributed by atoms with Crippen LogP contribution in [0.2, 0.25) is 0 Å². The van der Waals surface area contributed by atoms with Crippen LogP contribution in [-0.4, -0.2) is 17.4 Å². The summed E-state index contributed by atoms with van der Waals surface area (Å²) in [4.78, 5) is 14.7. The second kappa shape index (κ2) is 6.60. The molecule has 19 heavy (non-hydrogen) atoms.